The molecule has 5 nitrogen and oxygen atoms in total. The summed E-state index contributed by atoms with van der Waals surface area (Å²) in [6.45, 7) is 1.33. The van der Waals surface area contributed by atoms with Gasteiger partial charge in [0.15, 0.2) is 17.5 Å². The third-order valence-electron chi connectivity index (χ3n) is 8.34. The van der Waals surface area contributed by atoms with Gasteiger partial charge in [0.2, 0.25) is 0 Å². The van der Waals surface area contributed by atoms with E-state index in [9.17, 15) is 5.48 Å². The summed E-state index contributed by atoms with van der Waals surface area (Å²) in [5, 5.41) is 1.39. The van der Waals surface area contributed by atoms with Crippen molar-refractivity contribution in [1.82, 2.24) is 15.0 Å². The van der Waals surface area contributed by atoms with E-state index in [2.05, 4.69) is 0 Å². The van der Waals surface area contributed by atoms with Crippen molar-refractivity contribution in [3.63, 3.8) is 0 Å². The zero-order valence-electron chi connectivity index (χ0n) is 39.9. The van der Waals surface area contributed by atoms with Gasteiger partial charge >= 0.3 is 0 Å². The fourth-order valence-corrected chi connectivity index (χ4v) is 5.85. The Morgan fingerprint density at radius 2 is 1.06 bits per heavy atom. The molecule has 0 spiro atoms. The van der Waals surface area contributed by atoms with E-state index >= 15 is 0 Å². The van der Waals surface area contributed by atoms with Crippen molar-refractivity contribution in [2.24, 2.45) is 0 Å². The maximum atomic E-state index is 9.31. The highest BCUT2D eigenvalue weighted by Gasteiger charge is 2.17. The van der Waals surface area contributed by atoms with Crippen LogP contribution in [0.4, 0.5) is 17.1 Å². The lowest BCUT2D eigenvalue weighted by Gasteiger charge is -2.27. The number of anilines is 3. The fourth-order valence-electron chi connectivity index (χ4n) is 5.85. The van der Waals surface area contributed by atoms with E-state index in [1.54, 1.807) is 24.3 Å². The molecule has 2 heterocycles. The number of aromatic nitrogens is 3. The number of para-hydroxylation sites is 2. The van der Waals surface area contributed by atoms with Crippen molar-refractivity contribution < 1.29 is 22.2 Å². The monoisotopic (exact) mass is 669 g/mol. The lowest BCUT2D eigenvalue weighted by molar-refractivity contribution is 0.669. The van der Waals surface area contributed by atoms with Crippen molar-refractivity contribution in [2.45, 2.75) is 6.92 Å². The lowest BCUT2D eigenvalue weighted by atomic mass is 10.0. The Bertz CT molecular complexity index is 3190. The fraction of sp³-hybridized carbons (Fsp3) is 0.0217. The van der Waals surface area contributed by atoms with Gasteiger partial charge in [-0.1, -0.05) is 115 Å². The van der Waals surface area contributed by atoms with Gasteiger partial charge in [-0.05, 0) is 84.2 Å². The van der Waals surface area contributed by atoms with Crippen molar-refractivity contribution in [3.8, 4) is 45.3 Å². The predicted octanol–water partition coefficient (Wildman–Crippen LogP) is 12.2. The molecular weight excluding hydrogens is 625 g/mol. The third kappa shape index (κ3) is 5.81. The van der Waals surface area contributed by atoms with Gasteiger partial charge in [0.1, 0.15) is 11.2 Å². The average Bonchev–Trinajstić information content (AvgIpc) is 3.68. The summed E-state index contributed by atoms with van der Waals surface area (Å²) >= 11 is 0. The third-order valence-corrected chi connectivity index (χ3v) is 8.34. The molecule has 0 atom stereocenters. The van der Waals surface area contributed by atoms with Crippen LogP contribution in [-0.2, 0) is 0 Å². The minimum Gasteiger partial charge on any atom is -0.456 e. The molecule has 0 fully saturated rings. The highest BCUT2D eigenvalue weighted by atomic mass is 16.3. The van der Waals surface area contributed by atoms with E-state index in [1.165, 1.54) is 6.92 Å². The molecule has 0 aliphatic rings. The largest absolute Gasteiger partial charge is 0.456 e. The van der Waals surface area contributed by atoms with Crippen LogP contribution in [0.25, 0.3) is 67.2 Å². The standard InChI is InChI=1S/C46H32N4O/c1-31-13-11-12-20-41(31)50(37-18-9-4-10-19-37)38-25-21-32(22-26-38)35-23-27-39-40-29-36(24-28-42(40)51-43(39)30-35)46-48-44(33-14-5-2-6-15-33)47-45(49-46)34-16-7-3-8-17-34/h2-30H,1H3/i4D,9D,10D,11D,12D,13D,18D,19D,20D,21D,22D,25D,26D. The number of fused-ring (bicyclic) bond motifs is 3. The van der Waals surface area contributed by atoms with Crippen molar-refractivity contribution in [3.05, 3.63) is 181 Å². The maximum absolute atomic E-state index is 9.31. The second kappa shape index (κ2) is 12.9. The number of hydrogen-bond donors (Lipinski definition) is 0. The van der Waals surface area contributed by atoms with Crippen LogP contribution in [0.1, 0.15) is 23.4 Å². The molecule has 0 aliphatic heterocycles. The molecule has 0 bridgehead atoms. The van der Waals surface area contributed by atoms with Crippen LogP contribution in [0.15, 0.2) is 180 Å². The van der Waals surface area contributed by atoms with Crippen LogP contribution in [-0.4, -0.2) is 15.0 Å². The van der Waals surface area contributed by atoms with Gasteiger partial charge in [-0.3, -0.25) is 0 Å². The SMILES string of the molecule is [2H]c1c([2H])c([2H])c(N(c2c([2H])c([2H])c(-c3ccc4c(c3)oc3ccc(-c5nc(-c6ccccc6)nc(-c6ccccc6)n5)cc34)c([2H])c2[2H])c2c([2H])c([2H])c([2H])c([2H])c2C)c([2H])c1[2H]. The molecule has 0 radical (unpaired) electrons. The molecule has 0 aliphatic carbocycles. The van der Waals surface area contributed by atoms with E-state index in [4.69, 9.17) is 31.7 Å². The van der Waals surface area contributed by atoms with Gasteiger partial charge in [0.25, 0.3) is 0 Å². The minimum atomic E-state index is -0.791. The van der Waals surface area contributed by atoms with Crippen LogP contribution >= 0.6 is 0 Å². The average molecular weight is 670 g/mol. The smallest absolute Gasteiger partial charge is 0.164 e. The van der Waals surface area contributed by atoms with Crippen LogP contribution in [0.2, 0.25) is 0 Å². The first-order valence-corrected chi connectivity index (χ1v) is 16.0. The Balaban J connectivity index is 1.20. The second-order valence-corrected chi connectivity index (χ2v) is 11.6. The Hall–Kier alpha value is -6.85. The second-order valence-electron chi connectivity index (χ2n) is 11.6. The van der Waals surface area contributed by atoms with Gasteiger partial charge in [0, 0.05) is 44.5 Å². The normalized spacial score (nSPS) is 14.8. The zero-order valence-corrected chi connectivity index (χ0v) is 26.9. The first kappa shape index (κ1) is 19.4. The zero-order chi connectivity index (χ0) is 45.5. The van der Waals surface area contributed by atoms with E-state index in [0.29, 0.717) is 45.0 Å². The molecule has 0 N–H and O–H groups in total. The van der Waals surface area contributed by atoms with E-state index in [0.717, 1.165) is 16.0 Å². The Kier molecular flexibility index (Phi) is 4.89. The van der Waals surface area contributed by atoms with E-state index in [1.807, 2.05) is 72.8 Å². The Morgan fingerprint density at radius 3 is 1.75 bits per heavy atom. The van der Waals surface area contributed by atoms with Gasteiger partial charge in [-0.15, -0.1) is 0 Å². The highest BCUT2D eigenvalue weighted by Crippen LogP contribution is 2.39. The van der Waals surface area contributed by atoms with Gasteiger partial charge in [-0.2, -0.15) is 0 Å². The molecule has 0 saturated heterocycles. The van der Waals surface area contributed by atoms with Crippen molar-refractivity contribution in [1.29, 1.82) is 0 Å². The van der Waals surface area contributed by atoms with Crippen LogP contribution in [0.3, 0.4) is 0 Å². The lowest BCUT2D eigenvalue weighted by Crippen LogP contribution is -2.11. The summed E-state index contributed by atoms with van der Waals surface area (Å²) in [5.41, 5.74) is 1.57. The molecule has 5 heteroatoms. The molecule has 0 amide bonds. The van der Waals surface area contributed by atoms with Crippen LogP contribution in [0.5, 0.6) is 0 Å². The van der Waals surface area contributed by atoms with Crippen LogP contribution < -0.4 is 4.90 Å². The van der Waals surface area contributed by atoms with E-state index in [-0.39, 0.29) is 16.7 Å². The molecule has 0 unspecified atom stereocenters. The highest BCUT2D eigenvalue weighted by molar-refractivity contribution is 6.07. The first-order valence-electron chi connectivity index (χ1n) is 22.5. The van der Waals surface area contributed by atoms with Crippen molar-refractivity contribution in [2.75, 3.05) is 4.90 Å². The van der Waals surface area contributed by atoms with Crippen molar-refractivity contribution >= 4 is 39.0 Å². The molecule has 242 valence electrons. The first-order chi connectivity index (χ1) is 30.6. The molecular formula is C46H32N4O. The summed E-state index contributed by atoms with van der Waals surface area (Å²) in [6, 6.07) is 20.7. The Labute approximate surface area is 314 Å². The molecule has 51 heavy (non-hydrogen) atoms. The molecule has 0 saturated carbocycles. The topological polar surface area (TPSA) is 55.1 Å². The number of furan rings is 1. The van der Waals surface area contributed by atoms with Gasteiger partial charge < -0.3 is 9.32 Å². The molecule has 7 aromatic carbocycles. The summed E-state index contributed by atoms with van der Waals surface area (Å²) in [7, 11) is 0. The van der Waals surface area contributed by atoms with E-state index < -0.39 is 95.6 Å². The van der Waals surface area contributed by atoms with Gasteiger partial charge in [-0.25, -0.2) is 15.0 Å². The number of nitrogens with zero attached hydrogens (tertiary/aromatic N) is 4. The quantitative estimate of drug-likeness (QED) is 0.169. The summed E-state index contributed by atoms with van der Waals surface area (Å²) < 4.78 is 120. The summed E-state index contributed by atoms with van der Waals surface area (Å²) in [6.07, 6.45) is 0. The minimum absolute atomic E-state index is 0.124. The number of rotatable bonds is 7. The molecule has 2 aromatic heterocycles. The number of hydrogen-bond acceptors (Lipinski definition) is 5. The molecule has 9 rings (SSSR count). The molecule has 9 aromatic rings. The van der Waals surface area contributed by atoms with Crippen LogP contribution in [0, 0.1) is 6.92 Å². The summed E-state index contributed by atoms with van der Waals surface area (Å²) in [5.74, 6) is 1.43. The maximum Gasteiger partial charge on any atom is 0.164 e. The summed E-state index contributed by atoms with van der Waals surface area (Å²) in [4.78, 5) is 15.3. The Morgan fingerprint density at radius 1 is 0.471 bits per heavy atom. The predicted molar refractivity (Wildman–Crippen MR) is 208 cm³/mol. The number of benzene rings is 7. The van der Waals surface area contributed by atoms with Gasteiger partial charge in [0.05, 0.1) is 17.8 Å².